The molecule has 6 nitrogen and oxygen atoms in total. The summed E-state index contributed by atoms with van der Waals surface area (Å²) in [6, 6.07) is 3.71. The summed E-state index contributed by atoms with van der Waals surface area (Å²) < 4.78 is 15.1. The van der Waals surface area contributed by atoms with Crippen LogP contribution in [0.25, 0.3) is 0 Å². The minimum Gasteiger partial charge on any atom is -0.479 e. The van der Waals surface area contributed by atoms with Gasteiger partial charge in [-0.2, -0.15) is 5.10 Å². The Morgan fingerprint density at radius 3 is 2.57 bits per heavy atom. The fraction of sp³-hybridized carbons (Fsp3) is 0.267. The van der Waals surface area contributed by atoms with Crippen molar-refractivity contribution >= 4 is 23.5 Å². The third kappa shape index (κ3) is 3.87. The number of carbonyl (C=O) groups excluding carboxylic acids is 1. The van der Waals surface area contributed by atoms with Crippen LogP contribution in [0.5, 0.6) is 0 Å². The number of carboxylic acid groups (broad SMARTS) is 1. The second kappa shape index (κ2) is 6.78. The summed E-state index contributed by atoms with van der Waals surface area (Å²) in [4.78, 5) is 23.5. The molecule has 2 aromatic rings. The molecule has 0 saturated heterocycles. The summed E-state index contributed by atoms with van der Waals surface area (Å²) in [5.74, 6) is -2.73. The molecule has 0 aliphatic carbocycles. The third-order valence-corrected chi connectivity index (χ3v) is 3.48. The number of hydrogen-bond donors (Lipinski definition) is 2. The van der Waals surface area contributed by atoms with E-state index in [1.54, 1.807) is 10.9 Å². The van der Waals surface area contributed by atoms with Gasteiger partial charge in [-0.3, -0.25) is 9.48 Å². The summed E-state index contributed by atoms with van der Waals surface area (Å²) in [5.41, 5.74) is 0.162. The molecule has 0 aliphatic heterocycles. The van der Waals surface area contributed by atoms with E-state index in [9.17, 15) is 19.1 Å². The average Bonchev–Trinajstić information content (AvgIpc) is 2.97. The number of aliphatic carboxylic acids is 1. The summed E-state index contributed by atoms with van der Waals surface area (Å²) in [7, 11) is 0. The molecule has 1 unspecified atom stereocenters. The number of amides is 1. The van der Waals surface area contributed by atoms with Crippen LogP contribution >= 0.6 is 11.6 Å². The lowest BCUT2D eigenvalue weighted by Gasteiger charge is -2.14. The van der Waals surface area contributed by atoms with Crippen molar-refractivity contribution in [2.24, 2.45) is 0 Å². The molecule has 2 rings (SSSR count). The van der Waals surface area contributed by atoms with E-state index in [-0.39, 0.29) is 22.3 Å². The van der Waals surface area contributed by atoms with Crippen molar-refractivity contribution in [1.82, 2.24) is 15.1 Å². The zero-order chi connectivity index (χ0) is 17.1. The van der Waals surface area contributed by atoms with Crippen LogP contribution in [0.4, 0.5) is 4.39 Å². The second-order valence-corrected chi connectivity index (χ2v) is 5.60. The van der Waals surface area contributed by atoms with Crippen LogP contribution in [-0.2, 0) is 4.79 Å². The first kappa shape index (κ1) is 17.0. The van der Waals surface area contributed by atoms with Crippen molar-refractivity contribution in [2.75, 3.05) is 0 Å². The molecule has 23 heavy (non-hydrogen) atoms. The van der Waals surface area contributed by atoms with Gasteiger partial charge in [-0.25, -0.2) is 9.18 Å². The standard InChI is InChI=1S/C15H15ClFN3O3/c1-8(2)20-6-5-12(19-20)14(21)18-13(15(22)23)9-3-4-10(16)11(17)7-9/h3-8,13H,1-2H3,(H,18,21)(H,22,23). The van der Waals surface area contributed by atoms with Crippen LogP contribution in [0.1, 0.15) is 42.0 Å². The van der Waals surface area contributed by atoms with Gasteiger partial charge in [0.05, 0.1) is 5.02 Å². The number of benzene rings is 1. The Labute approximate surface area is 136 Å². The van der Waals surface area contributed by atoms with E-state index in [0.29, 0.717) is 0 Å². The molecule has 1 aromatic heterocycles. The number of rotatable bonds is 5. The van der Waals surface area contributed by atoms with Gasteiger partial charge in [0.1, 0.15) is 11.5 Å². The largest absolute Gasteiger partial charge is 0.479 e. The maximum Gasteiger partial charge on any atom is 0.330 e. The summed E-state index contributed by atoms with van der Waals surface area (Å²) >= 11 is 5.58. The molecule has 0 radical (unpaired) electrons. The Morgan fingerprint density at radius 2 is 2.04 bits per heavy atom. The highest BCUT2D eigenvalue weighted by atomic mass is 35.5. The van der Waals surface area contributed by atoms with E-state index in [4.69, 9.17) is 11.6 Å². The number of carbonyl (C=O) groups is 2. The van der Waals surface area contributed by atoms with Crippen LogP contribution in [0, 0.1) is 5.82 Å². The molecule has 2 N–H and O–H groups in total. The molecular formula is C15H15ClFN3O3. The van der Waals surface area contributed by atoms with Gasteiger partial charge in [-0.05, 0) is 37.6 Å². The SMILES string of the molecule is CC(C)n1ccc(C(=O)NC(C(=O)O)c2ccc(Cl)c(F)c2)n1. The van der Waals surface area contributed by atoms with E-state index in [0.717, 1.165) is 6.07 Å². The Morgan fingerprint density at radius 1 is 1.35 bits per heavy atom. The second-order valence-electron chi connectivity index (χ2n) is 5.19. The number of nitrogens with one attached hydrogen (secondary N) is 1. The van der Waals surface area contributed by atoms with Crippen molar-refractivity contribution in [3.05, 3.63) is 52.6 Å². The van der Waals surface area contributed by atoms with Crippen molar-refractivity contribution < 1.29 is 19.1 Å². The highest BCUT2D eigenvalue weighted by molar-refractivity contribution is 6.30. The predicted molar refractivity (Wildman–Crippen MR) is 81.9 cm³/mol. The Bertz CT molecular complexity index is 745. The normalized spacial score (nSPS) is 12.2. The highest BCUT2D eigenvalue weighted by Gasteiger charge is 2.24. The molecule has 8 heteroatoms. The smallest absolute Gasteiger partial charge is 0.330 e. The van der Waals surface area contributed by atoms with Gasteiger partial charge >= 0.3 is 5.97 Å². The topological polar surface area (TPSA) is 84.2 Å². The highest BCUT2D eigenvalue weighted by Crippen LogP contribution is 2.21. The van der Waals surface area contributed by atoms with Crippen LogP contribution in [0.3, 0.4) is 0 Å². The van der Waals surface area contributed by atoms with E-state index >= 15 is 0 Å². The first-order valence-corrected chi connectivity index (χ1v) is 7.21. The first-order valence-electron chi connectivity index (χ1n) is 6.83. The van der Waals surface area contributed by atoms with Gasteiger partial charge in [0.2, 0.25) is 0 Å². The molecular weight excluding hydrogens is 325 g/mol. The van der Waals surface area contributed by atoms with Gasteiger partial charge in [0, 0.05) is 12.2 Å². The number of hydrogen-bond acceptors (Lipinski definition) is 3. The Kier molecular flexibility index (Phi) is 5.00. The molecule has 1 aromatic carbocycles. The summed E-state index contributed by atoms with van der Waals surface area (Å²) in [6.45, 7) is 3.79. The van der Waals surface area contributed by atoms with Crippen LogP contribution < -0.4 is 5.32 Å². The summed E-state index contributed by atoms with van der Waals surface area (Å²) in [5, 5.41) is 15.5. The zero-order valence-corrected chi connectivity index (χ0v) is 13.2. The molecule has 1 heterocycles. The maximum atomic E-state index is 13.5. The molecule has 0 bridgehead atoms. The zero-order valence-electron chi connectivity index (χ0n) is 12.5. The van der Waals surface area contributed by atoms with E-state index < -0.39 is 23.7 Å². The monoisotopic (exact) mass is 339 g/mol. The fourth-order valence-corrected chi connectivity index (χ4v) is 2.05. The first-order chi connectivity index (χ1) is 10.8. The lowest BCUT2D eigenvalue weighted by atomic mass is 10.1. The van der Waals surface area contributed by atoms with Crippen LogP contribution in [0.15, 0.2) is 30.5 Å². The molecule has 0 saturated carbocycles. The average molecular weight is 340 g/mol. The lowest BCUT2D eigenvalue weighted by molar-refractivity contribution is -0.139. The molecule has 1 amide bonds. The summed E-state index contributed by atoms with van der Waals surface area (Å²) in [6.07, 6.45) is 1.62. The quantitative estimate of drug-likeness (QED) is 0.877. The molecule has 0 aliphatic rings. The van der Waals surface area contributed by atoms with Gasteiger partial charge in [0.15, 0.2) is 6.04 Å². The minimum atomic E-state index is -1.40. The molecule has 1 atom stereocenters. The lowest BCUT2D eigenvalue weighted by Crippen LogP contribution is -2.34. The maximum absolute atomic E-state index is 13.5. The number of nitrogens with zero attached hydrogens (tertiary/aromatic N) is 2. The van der Waals surface area contributed by atoms with Crippen molar-refractivity contribution in [1.29, 1.82) is 0 Å². The molecule has 0 fully saturated rings. The molecule has 0 spiro atoms. The van der Waals surface area contributed by atoms with Crippen LogP contribution in [0.2, 0.25) is 5.02 Å². The van der Waals surface area contributed by atoms with Crippen molar-refractivity contribution in [2.45, 2.75) is 25.9 Å². The number of carboxylic acids is 1. The van der Waals surface area contributed by atoms with Gasteiger partial charge in [-0.1, -0.05) is 17.7 Å². The van der Waals surface area contributed by atoms with E-state index in [1.165, 1.54) is 18.2 Å². The van der Waals surface area contributed by atoms with Crippen molar-refractivity contribution in [3.63, 3.8) is 0 Å². The van der Waals surface area contributed by atoms with E-state index in [1.807, 2.05) is 13.8 Å². The van der Waals surface area contributed by atoms with Gasteiger partial charge in [0.25, 0.3) is 5.91 Å². The number of aromatic nitrogens is 2. The predicted octanol–water partition coefficient (Wildman–Crippen LogP) is 2.81. The third-order valence-electron chi connectivity index (χ3n) is 3.17. The Balaban J connectivity index is 2.23. The number of halogens is 2. The van der Waals surface area contributed by atoms with Crippen molar-refractivity contribution in [3.8, 4) is 0 Å². The fourth-order valence-electron chi connectivity index (χ4n) is 1.93. The van der Waals surface area contributed by atoms with Gasteiger partial charge < -0.3 is 10.4 Å². The van der Waals surface area contributed by atoms with Crippen LogP contribution in [-0.4, -0.2) is 26.8 Å². The van der Waals surface area contributed by atoms with Gasteiger partial charge in [-0.15, -0.1) is 0 Å². The van der Waals surface area contributed by atoms with E-state index in [2.05, 4.69) is 10.4 Å². The molecule has 122 valence electrons. The Hall–Kier alpha value is -2.41. The minimum absolute atomic E-state index is 0.0668.